The van der Waals surface area contributed by atoms with E-state index in [9.17, 15) is 9.90 Å². The average Bonchev–Trinajstić information content (AvgIpc) is 2.82. The Labute approximate surface area is 181 Å². The monoisotopic (exact) mass is 422 g/mol. The van der Waals surface area contributed by atoms with Crippen LogP contribution < -0.4 is 9.47 Å². The molecule has 0 aliphatic rings. The summed E-state index contributed by atoms with van der Waals surface area (Å²) in [6, 6.07) is 16.6. The van der Waals surface area contributed by atoms with Gasteiger partial charge in [-0.05, 0) is 24.3 Å². The fourth-order valence-electron chi connectivity index (χ4n) is 3.27. The van der Waals surface area contributed by atoms with Crippen LogP contribution in [-0.2, 0) is 21.6 Å². The summed E-state index contributed by atoms with van der Waals surface area (Å²) in [5.41, 5.74) is 1.23. The van der Waals surface area contributed by atoms with Gasteiger partial charge >= 0.3 is 5.97 Å². The summed E-state index contributed by atoms with van der Waals surface area (Å²) < 4.78 is 16.1. The van der Waals surface area contributed by atoms with Crippen molar-refractivity contribution in [3.8, 4) is 22.9 Å². The first-order chi connectivity index (χ1) is 14.9. The molecule has 7 nitrogen and oxygen atoms in total. The van der Waals surface area contributed by atoms with Crippen LogP contribution in [0.5, 0.6) is 11.5 Å². The van der Waals surface area contributed by atoms with Gasteiger partial charge in [0.25, 0.3) is 0 Å². The van der Waals surface area contributed by atoms with Crippen molar-refractivity contribution in [2.45, 2.75) is 32.0 Å². The molecule has 7 heteroatoms. The van der Waals surface area contributed by atoms with Gasteiger partial charge in [0, 0.05) is 17.2 Å². The third-order valence-corrected chi connectivity index (χ3v) is 5.13. The molecule has 0 aliphatic heterocycles. The molecule has 3 aromatic rings. The van der Waals surface area contributed by atoms with Gasteiger partial charge in [-0.2, -0.15) is 0 Å². The third-order valence-electron chi connectivity index (χ3n) is 5.13. The van der Waals surface area contributed by atoms with Crippen LogP contribution in [0.3, 0.4) is 0 Å². The minimum absolute atomic E-state index is 0.187. The molecular weight excluding hydrogens is 396 g/mol. The van der Waals surface area contributed by atoms with E-state index in [4.69, 9.17) is 14.2 Å². The number of esters is 1. The minimum Gasteiger partial charge on any atom is -0.496 e. The second kappa shape index (κ2) is 9.57. The minimum atomic E-state index is -1.33. The van der Waals surface area contributed by atoms with E-state index in [1.807, 2.05) is 42.5 Å². The number of aliphatic hydroxyl groups is 1. The molecule has 162 valence electrons. The lowest BCUT2D eigenvalue weighted by Gasteiger charge is -2.30. The number of hydrogen-bond donors (Lipinski definition) is 1. The first-order valence-corrected chi connectivity index (χ1v) is 9.82. The second-order valence-corrected chi connectivity index (χ2v) is 7.50. The Hall–Kier alpha value is -3.45. The van der Waals surface area contributed by atoms with Crippen molar-refractivity contribution < 1.29 is 24.1 Å². The standard InChI is InChI=1S/C24H26N2O5/c1-24(2,21(27)23(28)30-4)18-10-6-8-12-20(18)31-15-16-13-14-25-22(26-16)17-9-5-7-11-19(17)29-3/h5-14,21,27H,15H2,1-4H3. The second-order valence-electron chi connectivity index (χ2n) is 7.50. The molecule has 0 saturated carbocycles. The van der Waals surface area contributed by atoms with Gasteiger partial charge in [-0.25, -0.2) is 14.8 Å². The SMILES string of the molecule is COC(=O)C(O)C(C)(C)c1ccccc1OCc1ccnc(-c2ccccc2OC)n1. The van der Waals surface area contributed by atoms with Crippen LogP contribution in [0.15, 0.2) is 60.8 Å². The summed E-state index contributed by atoms with van der Waals surface area (Å²) in [6.45, 7) is 3.72. The molecule has 0 saturated heterocycles. The highest BCUT2D eigenvalue weighted by atomic mass is 16.5. The van der Waals surface area contributed by atoms with Gasteiger partial charge in [0.1, 0.15) is 18.1 Å². The number of rotatable bonds is 8. The highest BCUT2D eigenvalue weighted by molar-refractivity contribution is 5.76. The van der Waals surface area contributed by atoms with Crippen LogP contribution in [0.4, 0.5) is 0 Å². The van der Waals surface area contributed by atoms with Gasteiger partial charge in [0.15, 0.2) is 11.9 Å². The van der Waals surface area contributed by atoms with Gasteiger partial charge in [-0.1, -0.05) is 44.2 Å². The Balaban J connectivity index is 1.84. The lowest BCUT2D eigenvalue weighted by Crippen LogP contribution is -2.40. The van der Waals surface area contributed by atoms with Crippen LogP contribution in [0.2, 0.25) is 0 Å². The molecule has 0 amide bonds. The third kappa shape index (κ3) is 4.83. The fraction of sp³-hybridized carbons (Fsp3) is 0.292. The zero-order valence-electron chi connectivity index (χ0n) is 18.0. The van der Waals surface area contributed by atoms with Gasteiger partial charge < -0.3 is 19.3 Å². The zero-order valence-corrected chi connectivity index (χ0v) is 18.0. The summed E-state index contributed by atoms with van der Waals surface area (Å²) in [6.07, 6.45) is 0.336. The predicted octanol–water partition coefficient (Wildman–Crippen LogP) is 3.54. The van der Waals surface area contributed by atoms with Gasteiger partial charge in [-0.15, -0.1) is 0 Å². The maximum absolute atomic E-state index is 11.9. The Morgan fingerprint density at radius 2 is 1.71 bits per heavy atom. The molecule has 3 rings (SSSR count). The molecule has 1 N–H and O–H groups in total. The van der Waals surface area contributed by atoms with E-state index >= 15 is 0 Å². The first kappa shape index (κ1) is 22.2. The quantitative estimate of drug-likeness (QED) is 0.555. The van der Waals surface area contributed by atoms with Crippen LogP contribution in [0.1, 0.15) is 25.1 Å². The van der Waals surface area contributed by atoms with E-state index < -0.39 is 17.5 Å². The number of hydrogen-bond acceptors (Lipinski definition) is 7. The van der Waals surface area contributed by atoms with Crippen LogP contribution in [0, 0.1) is 0 Å². The van der Waals surface area contributed by atoms with Crippen molar-refractivity contribution in [3.05, 3.63) is 72.1 Å². The molecule has 1 unspecified atom stereocenters. The largest absolute Gasteiger partial charge is 0.496 e. The summed E-state index contributed by atoms with van der Waals surface area (Å²) in [4.78, 5) is 20.9. The first-order valence-electron chi connectivity index (χ1n) is 9.82. The number of carbonyl (C=O) groups is 1. The fourth-order valence-corrected chi connectivity index (χ4v) is 3.27. The van der Waals surface area contributed by atoms with E-state index in [1.54, 1.807) is 39.3 Å². The maximum Gasteiger partial charge on any atom is 0.335 e. The van der Waals surface area contributed by atoms with E-state index in [-0.39, 0.29) is 6.61 Å². The highest BCUT2D eigenvalue weighted by Crippen LogP contribution is 2.35. The van der Waals surface area contributed by atoms with Gasteiger partial charge in [0.05, 0.1) is 25.5 Å². The lowest BCUT2D eigenvalue weighted by atomic mass is 9.79. The molecule has 1 aromatic heterocycles. The molecule has 1 atom stereocenters. The van der Waals surface area contributed by atoms with E-state index in [1.165, 1.54) is 7.11 Å². The van der Waals surface area contributed by atoms with Crippen molar-refractivity contribution in [3.63, 3.8) is 0 Å². The zero-order chi connectivity index (χ0) is 22.4. The number of carbonyl (C=O) groups excluding carboxylic acids is 1. The van der Waals surface area contributed by atoms with Gasteiger partial charge in [0.2, 0.25) is 0 Å². The number of nitrogens with zero attached hydrogens (tertiary/aromatic N) is 2. The number of aliphatic hydroxyl groups excluding tert-OH is 1. The lowest BCUT2D eigenvalue weighted by molar-refractivity contribution is -0.153. The van der Waals surface area contributed by atoms with Gasteiger partial charge in [-0.3, -0.25) is 0 Å². The Morgan fingerprint density at radius 1 is 1.03 bits per heavy atom. The summed E-state index contributed by atoms with van der Waals surface area (Å²) in [5.74, 6) is 1.07. The molecule has 0 bridgehead atoms. The molecule has 0 radical (unpaired) electrons. The summed E-state index contributed by atoms with van der Waals surface area (Å²) in [7, 11) is 2.85. The van der Waals surface area contributed by atoms with Crippen molar-refractivity contribution in [1.29, 1.82) is 0 Å². The van der Waals surface area contributed by atoms with Crippen molar-refractivity contribution >= 4 is 5.97 Å². The number of para-hydroxylation sites is 2. The maximum atomic E-state index is 11.9. The van der Waals surface area contributed by atoms with Crippen molar-refractivity contribution in [2.24, 2.45) is 0 Å². The molecule has 1 heterocycles. The smallest absolute Gasteiger partial charge is 0.335 e. The van der Waals surface area contributed by atoms with E-state index in [0.717, 1.165) is 5.56 Å². The highest BCUT2D eigenvalue weighted by Gasteiger charge is 2.38. The number of methoxy groups -OCH3 is 2. The predicted molar refractivity (Wildman–Crippen MR) is 116 cm³/mol. The molecular formula is C24H26N2O5. The topological polar surface area (TPSA) is 90.8 Å². The van der Waals surface area contributed by atoms with E-state index in [0.29, 0.717) is 28.6 Å². The average molecular weight is 422 g/mol. The number of ether oxygens (including phenoxy) is 3. The van der Waals surface area contributed by atoms with Crippen LogP contribution >= 0.6 is 0 Å². The van der Waals surface area contributed by atoms with Crippen molar-refractivity contribution in [1.82, 2.24) is 9.97 Å². The van der Waals surface area contributed by atoms with Crippen molar-refractivity contribution in [2.75, 3.05) is 14.2 Å². The normalized spacial score (nSPS) is 12.2. The summed E-state index contributed by atoms with van der Waals surface area (Å²) in [5, 5.41) is 10.5. The number of benzene rings is 2. The molecule has 0 spiro atoms. The van der Waals surface area contributed by atoms with Crippen LogP contribution in [0.25, 0.3) is 11.4 Å². The Bertz CT molecular complexity index is 1050. The molecule has 2 aromatic carbocycles. The number of aromatic nitrogens is 2. The molecule has 0 fully saturated rings. The Kier molecular flexibility index (Phi) is 6.87. The molecule has 31 heavy (non-hydrogen) atoms. The summed E-state index contributed by atoms with van der Waals surface area (Å²) >= 11 is 0. The van der Waals surface area contributed by atoms with Crippen LogP contribution in [-0.4, -0.2) is 41.4 Å². The van der Waals surface area contributed by atoms with E-state index in [2.05, 4.69) is 9.97 Å². The Morgan fingerprint density at radius 3 is 2.42 bits per heavy atom. The molecule has 0 aliphatic carbocycles.